The molecule has 2 aliphatic rings. The maximum Gasteiger partial charge on any atom is 0.261 e. The van der Waals surface area contributed by atoms with E-state index in [9.17, 15) is 14.4 Å². The van der Waals surface area contributed by atoms with Crippen molar-refractivity contribution in [2.45, 2.75) is 19.0 Å². The Morgan fingerprint density at radius 2 is 1.71 bits per heavy atom. The Kier molecular flexibility index (Phi) is 5.08. The van der Waals surface area contributed by atoms with E-state index < -0.39 is 6.04 Å². The van der Waals surface area contributed by atoms with Crippen LogP contribution in [0.4, 0.5) is 17.3 Å². The molecule has 1 aromatic heterocycles. The van der Waals surface area contributed by atoms with E-state index in [1.54, 1.807) is 42.1 Å². The maximum absolute atomic E-state index is 13.9. The average Bonchev–Trinajstić information content (AvgIpc) is 3.18. The molecule has 2 unspecified atom stereocenters. The number of fused-ring (bicyclic) bond motifs is 2. The van der Waals surface area contributed by atoms with Gasteiger partial charge in [0.1, 0.15) is 11.9 Å². The van der Waals surface area contributed by atoms with Crippen molar-refractivity contribution in [3.05, 3.63) is 82.9 Å². The first-order chi connectivity index (χ1) is 16.3. The summed E-state index contributed by atoms with van der Waals surface area (Å²) >= 11 is 0. The molecule has 0 radical (unpaired) electrons. The molecule has 0 fully saturated rings. The first-order valence-corrected chi connectivity index (χ1v) is 11.1. The van der Waals surface area contributed by atoms with E-state index in [-0.39, 0.29) is 23.8 Å². The molecule has 0 saturated carbocycles. The number of nitrogens with one attached hydrogen (secondary N) is 1. The Balaban J connectivity index is 1.70. The van der Waals surface area contributed by atoms with Gasteiger partial charge in [-0.1, -0.05) is 42.5 Å². The van der Waals surface area contributed by atoms with E-state index in [1.807, 2.05) is 61.3 Å². The summed E-state index contributed by atoms with van der Waals surface area (Å²) in [7, 11) is 5.10. The SMILES string of the molecule is CNC(=O)c1cccc2c1C(=O)N(c1ccc3c(n1)N(C)C(C)C(=O)N3C)C2c1ccccc1. The number of hydrogen-bond donors (Lipinski definition) is 1. The van der Waals surface area contributed by atoms with Gasteiger partial charge in [-0.05, 0) is 36.2 Å². The largest absolute Gasteiger partial charge is 0.355 e. The summed E-state index contributed by atoms with van der Waals surface area (Å²) in [6.07, 6.45) is 0. The summed E-state index contributed by atoms with van der Waals surface area (Å²) in [6, 6.07) is 17.8. The number of anilines is 3. The molecule has 0 aliphatic carbocycles. The molecule has 0 saturated heterocycles. The van der Waals surface area contributed by atoms with Crippen LogP contribution in [-0.4, -0.2) is 49.9 Å². The Morgan fingerprint density at radius 1 is 0.971 bits per heavy atom. The second kappa shape index (κ2) is 7.98. The molecule has 34 heavy (non-hydrogen) atoms. The van der Waals surface area contributed by atoms with Crippen LogP contribution in [0.25, 0.3) is 0 Å². The van der Waals surface area contributed by atoms with Gasteiger partial charge in [0.2, 0.25) is 5.91 Å². The number of amides is 3. The zero-order chi connectivity index (χ0) is 24.1. The van der Waals surface area contributed by atoms with Gasteiger partial charge >= 0.3 is 0 Å². The van der Waals surface area contributed by atoms with Crippen molar-refractivity contribution in [3.63, 3.8) is 0 Å². The minimum absolute atomic E-state index is 0.0217. The number of aromatic nitrogens is 1. The van der Waals surface area contributed by atoms with Crippen molar-refractivity contribution in [3.8, 4) is 0 Å². The lowest BCUT2D eigenvalue weighted by atomic mass is 9.95. The number of rotatable bonds is 3. The average molecular weight is 456 g/mol. The Bertz CT molecular complexity index is 1320. The topological polar surface area (TPSA) is 85.9 Å². The zero-order valence-electron chi connectivity index (χ0n) is 19.4. The number of carbonyl (C=O) groups excluding carboxylic acids is 3. The lowest BCUT2D eigenvalue weighted by molar-refractivity contribution is -0.119. The summed E-state index contributed by atoms with van der Waals surface area (Å²) in [5.74, 6) is 0.455. The molecule has 1 N–H and O–H groups in total. The maximum atomic E-state index is 13.9. The van der Waals surface area contributed by atoms with Gasteiger partial charge in [-0.2, -0.15) is 0 Å². The molecule has 0 spiro atoms. The lowest BCUT2D eigenvalue weighted by Gasteiger charge is -2.37. The van der Waals surface area contributed by atoms with Crippen molar-refractivity contribution in [2.75, 3.05) is 35.8 Å². The van der Waals surface area contributed by atoms with Crippen molar-refractivity contribution < 1.29 is 14.4 Å². The van der Waals surface area contributed by atoms with Gasteiger partial charge in [0.05, 0.1) is 22.9 Å². The standard InChI is InChI=1S/C26H25N5O3/c1-15-25(33)30(4)19-13-14-20(28-23(19)29(15)3)31-22(16-9-6-5-7-10-16)17-11-8-12-18(24(32)27-2)21(17)26(31)34/h5-15,22H,1-4H3,(H,27,32). The Hall–Kier alpha value is -4.20. The summed E-state index contributed by atoms with van der Waals surface area (Å²) in [5.41, 5.74) is 3.07. The minimum atomic E-state index is -0.440. The molecule has 3 heterocycles. The molecule has 3 amide bonds. The third-order valence-corrected chi connectivity index (χ3v) is 6.72. The number of benzene rings is 2. The fourth-order valence-electron chi connectivity index (χ4n) is 4.77. The highest BCUT2D eigenvalue weighted by atomic mass is 16.2. The summed E-state index contributed by atoms with van der Waals surface area (Å²) in [6.45, 7) is 1.83. The van der Waals surface area contributed by atoms with E-state index in [4.69, 9.17) is 4.98 Å². The smallest absolute Gasteiger partial charge is 0.261 e. The van der Waals surface area contributed by atoms with Crippen LogP contribution >= 0.6 is 0 Å². The molecule has 2 aromatic carbocycles. The monoisotopic (exact) mass is 455 g/mol. The second-order valence-corrected chi connectivity index (χ2v) is 8.53. The fraction of sp³-hybridized carbons (Fsp3) is 0.231. The van der Waals surface area contributed by atoms with Gasteiger partial charge in [0.15, 0.2) is 5.82 Å². The third kappa shape index (κ3) is 3.06. The predicted molar refractivity (Wildman–Crippen MR) is 130 cm³/mol. The minimum Gasteiger partial charge on any atom is -0.355 e. The van der Waals surface area contributed by atoms with Crippen LogP contribution in [0.3, 0.4) is 0 Å². The molecule has 2 atom stereocenters. The van der Waals surface area contributed by atoms with E-state index in [1.165, 1.54) is 0 Å². The summed E-state index contributed by atoms with van der Waals surface area (Å²) in [5, 5.41) is 2.63. The lowest BCUT2D eigenvalue weighted by Crippen LogP contribution is -2.49. The Labute approximate surface area is 197 Å². The molecular formula is C26H25N5O3. The van der Waals surface area contributed by atoms with Crippen LogP contribution in [0.1, 0.15) is 44.8 Å². The molecule has 172 valence electrons. The van der Waals surface area contributed by atoms with Crippen LogP contribution in [0.2, 0.25) is 0 Å². The first-order valence-electron chi connectivity index (χ1n) is 11.1. The van der Waals surface area contributed by atoms with Crippen LogP contribution in [0.15, 0.2) is 60.7 Å². The van der Waals surface area contributed by atoms with Gasteiger partial charge in [-0.25, -0.2) is 4.98 Å². The van der Waals surface area contributed by atoms with Gasteiger partial charge in [0.25, 0.3) is 11.8 Å². The molecule has 8 nitrogen and oxygen atoms in total. The molecule has 3 aromatic rings. The van der Waals surface area contributed by atoms with Crippen molar-refractivity contribution in [1.82, 2.24) is 10.3 Å². The van der Waals surface area contributed by atoms with Crippen LogP contribution in [0.5, 0.6) is 0 Å². The summed E-state index contributed by atoms with van der Waals surface area (Å²) < 4.78 is 0. The Morgan fingerprint density at radius 3 is 2.41 bits per heavy atom. The van der Waals surface area contributed by atoms with Crippen LogP contribution < -0.4 is 20.0 Å². The number of nitrogens with zero attached hydrogens (tertiary/aromatic N) is 4. The van der Waals surface area contributed by atoms with E-state index >= 15 is 0 Å². The number of hydrogen-bond acceptors (Lipinski definition) is 5. The van der Waals surface area contributed by atoms with Crippen molar-refractivity contribution >= 4 is 35.0 Å². The van der Waals surface area contributed by atoms with Gasteiger partial charge in [0, 0.05) is 21.1 Å². The molecule has 2 aliphatic heterocycles. The van der Waals surface area contributed by atoms with Crippen LogP contribution in [-0.2, 0) is 4.79 Å². The molecule has 0 bridgehead atoms. The van der Waals surface area contributed by atoms with Gasteiger partial charge in [-0.15, -0.1) is 0 Å². The zero-order valence-corrected chi connectivity index (χ0v) is 19.4. The number of pyridine rings is 1. The fourth-order valence-corrected chi connectivity index (χ4v) is 4.77. The second-order valence-electron chi connectivity index (χ2n) is 8.53. The normalized spacial score (nSPS) is 19.2. The van der Waals surface area contributed by atoms with E-state index in [2.05, 4.69) is 5.32 Å². The van der Waals surface area contributed by atoms with Crippen molar-refractivity contribution in [1.29, 1.82) is 0 Å². The third-order valence-electron chi connectivity index (χ3n) is 6.72. The quantitative estimate of drug-likeness (QED) is 0.656. The van der Waals surface area contributed by atoms with Crippen LogP contribution in [0, 0.1) is 0 Å². The van der Waals surface area contributed by atoms with Gasteiger partial charge in [-0.3, -0.25) is 19.3 Å². The molecule has 5 rings (SSSR count). The highest BCUT2D eigenvalue weighted by molar-refractivity contribution is 6.17. The molecular weight excluding hydrogens is 430 g/mol. The van der Waals surface area contributed by atoms with E-state index in [0.29, 0.717) is 28.5 Å². The molecule has 8 heteroatoms. The van der Waals surface area contributed by atoms with E-state index in [0.717, 1.165) is 11.1 Å². The predicted octanol–water partition coefficient (Wildman–Crippen LogP) is 2.99. The summed E-state index contributed by atoms with van der Waals surface area (Å²) in [4.78, 5) is 48.9. The first kappa shape index (κ1) is 21.6. The number of carbonyl (C=O) groups is 3. The highest BCUT2D eigenvalue weighted by Crippen LogP contribution is 2.44. The van der Waals surface area contributed by atoms with Gasteiger partial charge < -0.3 is 15.1 Å². The highest BCUT2D eigenvalue weighted by Gasteiger charge is 2.42. The van der Waals surface area contributed by atoms with Crippen molar-refractivity contribution in [2.24, 2.45) is 0 Å². The number of likely N-dealkylation sites (N-methyl/N-ethyl adjacent to an activating group) is 2.